The van der Waals surface area contributed by atoms with Crippen molar-refractivity contribution in [2.75, 3.05) is 17.7 Å². The van der Waals surface area contributed by atoms with Crippen molar-refractivity contribution in [3.63, 3.8) is 0 Å². The molecule has 0 aliphatic carbocycles. The van der Waals surface area contributed by atoms with Crippen LogP contribution < -0.4 is 11.1 Å². The Morgan fingerprint density at radius 1 is 1.38 bits per heavy atom. The largest absolute Gasteiger partial charge is 0.480 e. The fourth-order valence-corrected chi connectivity index (χ4v) is 1.67. The van der Waals surface area contributed by atoms with Crippen molar-refractivity contribution in [3.8, 4) is 0 Å². The third-order valence-electron chi connectivity index (χ3n) is 2.61. The highest BCUT2D eigenvalue weighted by Gasteiger charge is 2.14. The summed E-state index contributed by atoms with van der Waals surface area (Å²) >= 11 is 5.44. The zero-order valence-electron chi connectivity index (χ0n) is 11.0. The van der Waals surface area contributed by atoms with Crippen molar-refractivity contribution in [1.29, 1.82) is 0 Å². The number of nitrogens with one attached hydrogen (secondary N) is 1. The Kier molecular flexibility index (Phi) is 6.57. The molecule has 0 bridgehead atoms. The van der Waals surface area contributed by atoms with Gasteiger partial charge in [-0.15, -0.1) is 16.5 Å². The van der Waals surface area contributed by atoms with Gasteiger partial charge in [0.1, 0.15) is 6.04 Å². The van der Waals surface area contributed by atoms with E-state index in [1.54, 1.807) is 24.3 Å². The summed E-state index contributed by atoms with van der Waals surface area (Å²) < 4.78 is 0. The van der Waals surface area contributed by atoms with Gasteiger partial charge in [-0.1, -0.05) is 12.1 Å². The average molecular weight is 315 g/mol. The lowest BCUT2D eigenvalue weighted by Gasteiger charge is -2.13. The number of carbonyl (C=O) groups excluding carboxylic acids is 1. The third-order valence-corrected chi connectivity index (χ3v) is 2.78. The lowest BCUT2D eigenvalue weighted by Crippen LogP contribution is -2.32. The zero-order valence-corrected chi connectivity index (χ0v) is 11.8. The van der Waals surface area contributed by atoms with E-state index in [0.717, 1.165) is 0 Å². The van der Waals surface area contributed by atoms with Crippen LogP contribution in [0.3, 0.4) is 0 Å². The minimum absolute atomic E-state index is 0.00242. The van der Waals surface area contributed by atoms with E-state index in [-0.39, 0.29) is 18.8 Å². The fourth-order valence-electron chi connectivity index (χ4n) is 1.51. The molecule has 0 aliphatic heterocycles. The number of hydrogen-bond acceptors (Lipinski definition) is 5. The van der Waals surface area contributed by atoms with Gasteiger partial charge in [0, 0.05) is 11.6 Å². The topological polar surface area (TPSA) is 125 Å². The molecule has 1 rings (SSSR count). The molecule has 0 fully saturated rings. The number of anilines is 1. The molecule has 0 saturated heterocycles. The molecule has 9 heteroatoms. The zero-order chi connectivity index (χ0) is 15.8. The summed E-state index contributed by atoms with van der Waals surface area (Å²) in [6.45, 7) is 0.00242. The van der Waals surface area contributed by atoms with Crippen molar-refractivity contribution < 1.29 is 14.7 Å². The number of carbonyl (C=O) groups is 2. The number of hydrogen-bond donors (Lipinski definition) is 3. The maximum atomic E-state index is 11.7. The monoisotopic (exact) mass is 314 g/mol. The maximum absolute atomic E-state index is 11.7. The summed E-state index contributed by atoms with van der Waals surface area (Å²) in [6, 6.07) is 4.75. The highest BCUT2D eigenvalue weighted by atomic mass is 35.5. The molecule has 1 atom stereocenters. The Bertz CT molecular complexity index is 508. The number of urea groups is 1. The van der Waals surface area contributed by atoms with E-state index in [1.807, 2.05) is 0 Å². The van der Waals surface area contributed by atoms with Gasteiger partial charge in [-0.05, 0) is 24.1 Å². The van der Waals surface area contributed by atoms with Gasteiger partial charge < -0.3 is 16.2 Å². The van der Waals surface area contributed by atoms with E-state index >= 15 is 0 Å². The van der Waals surface area contributed by atoms with Gasteiger partial charge in [0.05, 0.1) is 11.8 Å². The molecule has 4 N–H and O–H groups in total. The Labute approximate surface area is 125 Å². The molecular weight excluding hydrogens is 300 g/mol. The first-order valence-corrected chi connectivity index (χ1v) is 6.56. The van der Waals surface area contributed by atoms with Gasteiger partial charge in [0.25, 0.3) is 0 Å². The second kappa shape index (κ2) is 8.18. The molecule has 2 amide bonds. The Hall–Kier alpha value is -2.19. The van der Waals surface area contributed by atoms with E-state index in [1.165, 1.54) is 0 Å². The molecule has 114 valence electrons. The Morgan fingerprint density at radius 2 is 2.00 bits per heavy atom. The van der Waals surface area contributed by atoms with Gasteiger partial charge in [-0.2, -0.15) is 5.01 Å². The molecule has 1 aromatic carbocycles. The first-order chi connectivity index (χ1) is 9.97. The van der Waals surface area contributed by atoms with Crippen LogP contribution in [0.15, 0.2) is 29.6 Å². The van der Waals surface area contributed by atoms with Crippen molar-refractivity contribution in [2.24, 2.45) is 11.0 Å². The van der Waals surface area contributed by atoms with E-state index in [0.29, 0.717) is 16.3 Å². The number of nitrogens with two attached hydrogens (primary N) is 1. The molecule has 0 spiro atoms. The number of benzene rings is 1. The maximum Gasteiger partial charge on any atom is 0.344 e. The molecule has 1 aromatic rings. The molecular formula is C12H15ClN4O4. The first-order valence-electron chi connectivity index (χ1n) is 6.03. The number of carboxylic acids is 1. The normalized spacial score (nSPS) is 11.5. The van der Waals surface area contributed by atoms with Crippen LogP contribution >= 0.6 is 11.6 Å². The predicted molar refractivity (Wildman–Crippen MR) is 78.0 cm³/mol. The lowest BCUT2D eigenvalue weighted by molar-refractivity contribution is -0.138. The summed E-state index contributed by atoms with van der Waals surface area (Å²) in [5.74, 6) is -0.994. The van der Waals surface area contributed by atoms with Gasteiger partial charge in [0.15, 0.2) is 0 Å². The average Bonchev–Trinajstić information content (AvgIpc) is 2.46. The molecule has 0 aromatic heterocycles. The van der Waals surface area contributed by atoms with Crippen LogP contribution in [-0.4, -0.2) is 40.6 Å². The van der Waals surface area contributed by atoms with Crippen LogP contribution in [0.4, 0.5) is 10.5 Å². The van der Waals surface area contributed by atoms with Crippen molar-refractivity contribution in [2.45, 2.75) is 12.5 Å². The fraction of sp³-hybridized carbons (Fsp3) is 0.333. The summed E-state index contributed by atoms with van der Waals surface area (Å²) in [5, 5.41) is 14.4. The van der Waals surface area contributed by atoms with Crippen LogP contribution in [0.5, 0.6) is 0 Å². The van der Waals surface area contributed by atoms with Gasteiger partial charge >= 0.3 is 12.0 Å². The number of rotatable bonds is 7. The second-order valence-electron chi connectivity index (χ2n) is 4.17. The number of nitrogens with zero attached hydrogens (tertiary/aromatic N) is 2. The Morgan fingerprint density at radius 3 is 2.48 bits per heavy atom. The van der Waals surface area contributed by atoms with Crippen LogP contribution in [0.25, 0.3) is 0 Å². The number of aliphatic carboxylic acids is 1. The number of carboxylic acid groups (broad SMARTS) is 1. The van der Waals surface area contributed by atoms with Gasteiger partial charge in [-0.3, -0.25) is 4.79 Å². The van der Waals surface area contributed by atoms with Crippen LogP contribution in [0.1, 0.15) is 5.56 Å². The summed E-state index contributed by atoms with van der Waals surface area (Å²) in [6.07, 6.45) is 0.178. The van der Waals surface area contributed by atoms with E-state index in [9.17, 15) is 14.5 Å². The molecule has 0 unspecified atom stereocenters. The van der Waals surface area contributed by atoms with Crippen molar-refractivity contribution >= 4 is 29.3 Å². The number of halogens is 1. The van der Waals surface area contributed by atoms with Crippen molar-refractivity contribution in [3.05, 3.63) is 34.7 Å². The summed E-state index contributed by atoms with van der Waals surface area (Å²) in [7, 11) is 0. The predicted octanol–water partition coefficient (Wildman–Crippen LogP) is 1.40. The third kappa shape index (κ3) is 5.36. The quantitative estimate of drug-likeness (QED) is 0.398. The molecule has 8 nitrogen and oxygen atoms in total. The van der Waals surface area contributed by atoms with Crippen LogP contribution in [0, 0.1) is 4.91 Å². The van der Waals surface area contributed by atoms with Gasteiger partial charge in [0.2, 0.25) is 0 Å². The molecule has 0 radical (unpaired) electrons. The lowest BCUT2D eigenvalue weighted by atomic mass is 10.1. The van der Waals surface area contributed by atoms with E-state index in [2.05, 4.69) is 10.6 Å². The van der Waals surface area contributed by atoms with E-state index in [4.69, 9.17) is 22.4 Å². The molecule has 0 saturated carbocycles. The first kappa shape index (κ1) is 16.9. The smallest absolute Gasteiger partial charge is 0.344 e. The number of nitroso groups, excluding NO2 is 1. The van der Waals surface area contributed by atoms with Crippen molar-refractivity contribution in [1.82, 2.24) is 5.01 Å². The van der Waals surface area contributed by atoms with E-state index < -0.39 is 18.0 Å². The van der Waals surface area contributed by atoms with Crippen LogP contribution in [-0.2, 0) is 11.2 Å². The molecule has 0 heterocycles. The highest BCUT2D eigenvalue weighted by molar-refractivity contribution is 6.18. The minimum Gasteiger partial charge on any atom is -0.480 e. The number of alkyl halides is 1. The summed E-state index contributed by atoms with van der Waals surface area (Å²) in [4.78, 5) is 32.8. The van der Waals surface area contributed by atoms with Crippen LogP contribution in [0.2, 0.25) is 0 Å². The highest BCUT2D eigenvalue weighted by Crippen LogP contribution is 2.12. The molecule has 21 heavy (non-hydrogen) atoms. The number of amides is 2. The minimum atomic E-state index is -1.08. The Balaban J connectivity index is 2.64. The standard InChI is InChI=1S/C12H15ClN4O4/c13-5-6-17(16-21)12(20)15-9-3-1-8(2-4-9)7-10(14)11(18)19/h1-4,10H,5-7,14H2,(H,15,20)(H,18,19)/t10-/m0/s1. The molecule has 0 aliphatic rings. The van der Waals surface area contributed by atoms with Gasteiger partial charge in [-0.25, -0.2) is 4.79 Å². The summed E-state index contributed by atoms with van der Waals surface area (Å²) in [5.41, 5.74) is 6.58. The second-order valence-corrected chi connectivity index (χ2v) is 4.55. The SMILES string of the molecule is N[C@@H](Cc1ccc(NC(=O)N(CCCl)N=O)cc1)C(=O)O.